The average Bonchev–Trinajstić information content (AvgIpc) is 3.59. The van der Waals surface area contributed by atoms with Gasteiger partial charge in [-0.05, 0) is 50.3 Å². The summed E-state index contributed by atoms with van der Waals surface area (Å²) in [4.78, 5) is 41.9. The molecule has 43 heavy (non-hydrogen) atoms. The van der Waals surface area contributed by atoms with Gasteiger partial charge in [-0.2, -0.15) is 13.2 Å². The SMILES string of the molecule is CC(F)c1ccc(CC(CN(C)CCNC(=O)C2=CC=C(C(F)(F)F)CC2)C2C(=O)C2CC(=O)N(CCN)CCN)cc1. The lowest BCUT2D eigenvalue weighted by molar-refractivity contribution is -0.132. The van der Waals surface area contributed by atoms with E-state index in [1.54, 1.807) is 17.0 Å². The van der Waals surface area contributed by atoms with Crippen LogP contribution in [0.2, 0.25) is 0 Å². The zero-order valence-electron chi connectivity index (χ0n) is 24.8. The van der Waals surface area contributed by atoms with Gasteiger partial charge >= 0.3 is 6.18 Å². The zero-order valence-corrected chi connectivity index (χ0v) is 24.8. The Kier molecular flexibility index (Phi) is 12.5. The predicted molar refractivity (Wildman–Crippen MR) is 156 cm³/mol. The number of alkyl halides is 4. The van der Waals surface area contributed by atoms with Gasteiger partial charge in [0.1, 0.15) is 12.0 Å². The number of likely N-dealkylation sites (N-methyl/N-ethyl adjacent to an activating group) is 1. The highest BCUT2D eigenvalue weighted by atomic mass is 19.4. The number of amides is 2. The third-order valence-corrected chi connectivity index (χ3v) is 8.14. The number of ketones is 1. The van der Waals surface area contributed by atoms with Gasteiger partial charge in [-0.15, -0.1) is 0 Å². The highest BCUT2D eigenvalue weighted by Gasteiger charge is 2.54. The molecule has 0 radical (unpaired) electrons. The Morgan fingerprint density at radius 3 is 2.23 bits per heavy atom. The van der Waals surface area contributed by atoms with Crippen LogP contribution in [0.5, 0.6) is 0 Å². The van der Waals surface area contributed by atoms with Crippen LogP contribution in [-0.4, -0.2) is 86.4 Å². The number of nitrogens with one attached hydrogen (secondary N) is 1. The Labute approximate surface area is 250 Å². The lowest BCUT2D eigenvalue weighted by Gasteiger charge is -2.25. The first-order valence-electron chi connectivity index (χ1n) is 14.7. The maximum absolute atomic E-state index is 13.7. The highest BCUT2D eigenvalue weighted by Crippen LogP contribution is 2.44. The van der Waals surface area contributed by atoms with Crippen molar-refractivity contribution in [3.05, 3.63) is 58.7 Å². The van der Waals surface area contributed by atoms with Crippen LogP contribution in [0.4, 0.5) is 17.6 Å². The van der Waals surface area contributed by atoms with E-state index in [1.165, 1.54) is 13.0 Å². The fraction of sp³-hybridized carbons (Fsp3) is 0.581. The van der Waals surface area contributed by atoms with Crippen molar-refractivity contribution in [2.75, 3.05) is 52.9 Å². The minimum atomic E-state index is -4.39. The number of hydrogen-bond acceptors (Lipinski definition) is 6. The first-order valence-corrected chi connectivity index (χ1v) is 14.7. The van der Waals surface area contributed by atoms with Crippen LogP contribution in [0, 0.1) is 17.8 Å². The molecule has 1 aromatic carbocycles. The van der Waals surface area contributed by atoms with Crippen molar-refractivity contribution in [2.24, 2.45) is 29.2 Å². The van der Waals surface area contributed by atoms with Crippen molar-refractivity contribution in [3.63, 3.8) is 0 Å². The summed E-state index contributed by atoms with van der Waals surface area (Å²) in [6.45, 7) is 4.03. The standard InChI is InChI=1S/C31H43F4N5O3/c1-20(32)22-5-3-21(4-6-22)17-24(28-26(29(28)42)18-27(41)40(14-11-36)15-12-37)19-39(2)16-13-38-30(43)23-7-9-25(10-8-23)31(33,34)35/h3-7,9,20,24,26,28H,8,10-19,36-37H2,1-2H3,(H,38,43). The quantitative estimate of drug-likeness (QED) is 0.248. The van der Waals surface area contributed by atoms with E-state index in [2.05, 4.69) is 5.32 Å². The fourth-order valence-corrected chi connectivity index (χ4v) is 5.65. The molecule has 238 valence electrons. The van der Waals surface area contributed by atoms with E-state index in [4.69, 9.17) is 11.5 Å². The largest absolute Gasteiger partial charge is 0.412 e. The molecule has 1 fully saturated rings. The fourth-order valence-electron chi connectivity index (χ4n) is 5.65. The summed E-state index contributed by atoms with van der Waals surface area (Å²) >= 11 is 0. The third-order valence-electron chi connectivity index (χ3n) is 8.14. The average molecular weight is 610 g/mol. The Morgan fingerprint density at radius 1 is 1.05 bits per heavy atom. The molecule has 0 heterocycles. The molecular weight excluding hydrogens is 566 g/mol. The van der Waals surface area contributed by atoms with Crippen LogP contribution in [0.1, 0.15) is 43.5 Å². The molecule has 2 aliphatic rings. The maximum atomic E-state index is 13.7. The second-order valence-corrected chi connectivity index (χ2v) is 11.4. The Hall–Kier alpha value is -3.09. The monoisotopic (exact) mass is 609 g/mol. The van der Waals surface area contributed by atoms with Crippen molar-refractivity contribution in [3.8, 4) is 0 Å². The van der Waals surface area contributed by atoms with E-state index in [9.17, 15) is 31.9 Å². The van der Waals surface area contributed by atoms with Crippen molar-refractivity contribution >= 4 is 17.6 Å². The summed E-state index contributed by atoms with van der Waals surface area (Å²) in [5.41, 5.74) is 12.4. The lowest BCUT2D eigenvalue weighted by atomic mass is 9.91. The van der Waals surface area contributed by atoms with Gasteiger partial charge in [-0.3, -0.25) is 14.4 Å². The molecule has 8 nitrogen and oxygen atoms in total. The molecule has 5 N–H and O–H groups in total. The number of benzene rings is 1. The highest BCUT2D eigenvalue weighted by molar-refractivity contribution is 6.02. The molecule has 0 spiro atoms. The van der Waals surface area contributed by atoms with Crippen LogP contribution in [0.25, 0.3) is 0 Å². The molecule has 1 aromatic rings. The smallest absolute Gasteiger partial charge is 0.351 e. The lowest BCUT2D eigenvalue weighted by Crippen LogP contribution is -2.39. The predicted octanol–water partition coefficient (Wildman–Crippen LogP) is 3.08. The van der Waals surface area contributed by atoms with Crippen LogP contribution >= 0.6 is 0 Å². The Morgan fingerprint density at radius 2 is 1.70 bits per heavy atom. The molecule has 1 saturated carbocycles. The molecule has 12 heteroatoms. The second-order valence-electron chi connectivity index (χ2n) is 11.4. The van der Waals surface area contributed by atoms with Crippen molar-refractivity contribution in [1.82, 2.24) is 15.1 Å². The summed E-state index contributed by atoms with van der Waals surface area (Å²) in [7, 11) is 1.86. The molecule has 0 aromatic heterocycles. The van der Waals surface area contributed by atoms with E-state index in [0.717, 1.165) is 11.6 Å². The third kappa shape index (κ3) is 9.97. The van der Waals surface area contributed by atoms with Gasteiger partial charge in [0.05, 0.1) is 0 Å². The first kappa shape index (κ1) is 34.4. The number of carbonyl (C=O) groups excluding carboxylic acids is 3. The van der Waals surface area contributed by atoms with Gasteiger partial charge in [0.2, 0.25) is 11.8 Å². The minimum Gasteiger partial charge on any atom is -0.351 e. The van der Waals surface area contributed by atoms with Crippen LogP contribution in [-0.2, 0) is 20.8 Å². The molecular formula is C31H43F4N5O3. The molecule has 2 amide bonds. The number of hydrogen-bond donors (Lipinski definition) is 3. The maximum Gasteiger partial charge on any atom is 0.412 e. The van der Waals surface area contributed by atoms with Gasteiger partial charge in [-0.25, -0.2) is 4.39 Å². The number of nitrogens with two attached hydrogens (primary N) is 2. The molecule has 4 atom stereocenters. The number of carbonyl (C=O) groups is 3. The van der Waals surface area contributed by atoms with Crippen LogP contribution in [0.15, 0.2) is 47.6 Å². The van der Waals surface area contributed by atoms with Crippen molar-refractivity contribution < 1.29 is 31.9 Å². The summed E-state index contributed by atoms with van der Waals surface area (Å²) < 4.78 is 52.3. The Bertz CT molecular complexity index is 1180. The number of rotatable bonds is 16. The van der Waals surface area contributed by atoms with Crippen molar-refractivity contribution in [1.29, 1.82) is 0 Å². The minimum absolute atomic E-state index is 0.0208. The zero-order chi connectivity index (χ0) is 31.7. The van der Waals surface area contributed by atoms with Crippen molar-refractivity contribution in [2.45, 2.75) is 45.0 Å². The van der Waals surface area contributed by atoms with Gasteiger partial charge in [0, 0.05) is 75.2 Å². The molecule has 0 aliphatic heterocycles. The van der Waals surface area contributed by atoms with E-state index >= 15 is 0 Å². The molecule has 4 unspecified atom stereocenters. The molecule has 3 rings (SSSR count). The number of halogens is 4. The van der Waals surface area contributed by atoms with E-state index in [1.807, 2.05) is 24.1 Å². The molecule has 2 aliphatic carbocycles. The summed E-state index contributed by atoms with van der Waals surface area (Å²) in [6.07, 6.45) is -2.88. The van der Waals surface area contributed by atoms with Crippen LogP contribution in [0.3, 0.4) is 0 Å². The van der Waals surface area contributed by atoms with E-state index in [0.29, 0.717) is 56.8 Å². The topological polar surface area (TPSA) is 122 Å². The second kappa shape index (κ2) is 15.6. The number of Topliss-reactive ketones (excluding diaryl/α,β-unsaturated/α-hetero) is 1. The van der Waals surface area contributed by atoms with Gasteiger partial charge in [0.25, 0.3) is 0 Å². The van der Waals surface area contributed by atoms with Gasteiger partial charge < -0.3 is 26.6 Å². The molecule has 0 saturated heterocycles. The number of nitrogens with zero attached hydrogens (tertiary/aromatic N) is 2. The molecule has 0 bridgehead atoms. The summed E-state index contributed by atoms with van der Waals surface area (Å²) in [5, 5.41) is 2.77. The first-order chi connectivity index (χ1) is 20.3. The Balaban J connectivity index is 1.62. The van der Waals surface area contributed by atoms with Gasteiger partial charge in [-0.1, -0.05) is 36.4 Å². The summed E-state index contributed by atoms with van der Waals surface area (Å²) in [5.74, 6) is -1.36. The number of allylic oxidation sites excluding steroid dienone is 3. The van der Waals surface area contributed by atoms with Crippen LogP contribution < -0.4 is 16.8 Å². The van der Waals surface area contributed by atoms with Gasteiger partial charge in [0.15, 0.2) is 0 Å². The van der Waals surface area contributed by atoms with E-state index in [-0.39, 0.29) is 49.3 Å². The summed E-state index contributed by atoms with van der Waals surface area (Å²) in [6, 6.07) is 7.17. The van der Waals surface area contributed by atoms with E-state index < -0.39 is 29.7 Å². The normalized spacial score (nSPS) is 19.9.